The molecule has 160 valence electrons. The third kappa shape index (κ3) is 5.70. The second-order valence-electron chi connectivity index (χ2n) is 7.72. The molecule has 0 spiro atoms. The lowest BCUT2D eigenvalue weighted by Gasteiger charge is -2.32. The minimum atomic E-state index is -0.147. The molecule has 3 N–H and O–H groups in total. The predicted octanol–water partition coefficient (Wildman–Crippen LogP) is 2.00. The third-order valence-corrected chi connectivity index (χ3v) is 5.15. The molecule has 3 rings (SSSR count). The van der Waals surface area contributed by atoms with E-state index >= 15 is 0 Å². The van der Waals surface area contributed by atoms with E-state index in [1.54, 1.807) is 18.5 Å². The monoisotopic (exact) mass is 410 g/mol. The van der Waals surface area contributed by atoms with Crippen molar-refractivity contribution < 1.29 is 4.79 Å². The number of amides is 1. The molecular weight excluding hydrogens is 380 g/mol. The molecule has 1 aliphatic rings. The van der Waals surface area contributed by atoms with Gasteiger partial charge in [0.05, 0.1) is 0 Å². The smallest absolute Gasteiger partial charge is 0.271 e. The molecule has 30 heavy (non-hydrogen) atoms. The molecule has 8 heteroatoms. The van der Waals surface area contributed by atoms with Gasteiger partial charge >= 0.3 is 0 Å². The van der Waals surface area contributed by atoms with E-state index in [2.05, 4.69) is 20.6 Å². The van der Waals surface area contributed by atoms with Crippen molar-refractivity contribution >= 4 is 17.4 Å². The van der Waals surface area contributed by atoms with Crippen LogP contribution in [0, 0.1) is 0 Å². The second-order valence-corrected chi connectivity index (χ2v) is 7.72. The van der Waals surface area contributed by atoms with Gasteiger partial charge in [-0.2, -0.15) is 0 Å². The van der Waals surface area contributed by atoms with Crippen LogP contribution in [-0.4, -0.2) is 72.5 Å². The standard InChI is InChI=1S/C22H30N6O2/c1-23-20-14-16(6-9-24-20)17-13-19(22(30)25-15-17)26-18-7-11-28(12-8-18)21(29)5-4-10-27(2)3/h4-6,9,13-15,18,26H,7-8,10-12H2,1-3H3,(H,23,24)(H,25,30)/b5-4+. The molecule has 0 radical (unpaired) electrons. The molecule has 3 heterocycles. The number of aromatic nitrogens is 2. The van der Waals surface area contributed by atoms with Crippen molar-refractivity contribution in [2.45, 2.75) is 18.9 Å². The van der Waals surface area contributed by atoms with Crippen LogP contribution in [0.2, 0.25) is 0 Å². The normalized spacial score (nSPS) is 15.0. The van der Waals surface area contributed by atoms with Gasteiger partial charge in [0.2, 0.25) is 5.91 Å². The Bertz CT molecular complexity index is 945. The van der Waals surface area contributed by atoms with Crippen molar-refractivity contribution in [3.05, 3.63) is 53.1 Å². The van der Waals surface area contributed by atoms with Gasteiger partial charge in [-0.05, 0) is 50.7 Å². The van der Waals surface area contributed by atoms with E-state index in [-0.39, 0.29) is 17.5 Å². The van der Waals surface area contributed by atoms with E-state index in [4.69, 9.17) is 0 Å². The number of piperidine rings is 1. The molecule has 8 nitrogen and oxygen atoms in total. The number of carbonyl (C=O) groups is 1. The number of hydrogen-bond acceptors (Lipinski definition) is 6. The second kappa shape index (κ2) is 10.1. The molecule has 2 aromatic heterocycles. The topological polar surface area (TPSA) is 93.4 Å². The number of rotatable bonds is 7. The molecule has 0 aromatic carbocycles. The highest BCUT2D eigenvalue weighted by Gasteiger charge is 2.22. The molecular formula is C22H30N6O2. The summed E-state index contributed by atoms with van der Waals surface area (Å²) < 4.78 is 0. The van der Waals surface area contributed by atoms with Crippen LogP contribution in [0.3, 0.4) is 0 Å². The van der Waals surface area contributed by atoms with E-state index in [0.717, 1.165) is 36.3 Å². The lowest BCUT2D eigenvalue weighted by molar-refractivity contribution is -0.126. The van der Waals surface area contributed by atoms with Crippen LogP contribution in [0.5, 0.6) is 0 Å². The van der Waals surface area contributed by atoms with Crippen molar-refractivity contribution in [1.29, 1.82) is 0 Å². The maximum Gasteiger partial charge on any atom is 0.271 e. The molecule has 0 aliphatic carbocycles. The van der Waals surface area contributed by atoms with Gasteiger partial charge in [0, 0.05) is 56.8 Å². The maximum atomic E-state index is 12.3. The van der Waals surface area contributed by atoms with Crippen molar-refractivity contribution in [2.24, 2.45) is 0 Å². The molecule has 2 aromatic rings. The summed E-state index contributed by atoms with van der Waals surface area (Å²) in [5, 5.41) is 6.39. The highest BCUT2D eigenvalue weighted by atomic mass is 16.2. The number of carbonyl (C=O) groups excluding carboxylic acids is 1. The zero-order valence-electron chi connectivity index (χ0n) is 17.8. The SMILES string of the molecule is CNc1cc(-c2c[nH]c(=O)c(NC3CCN(C(=O)/C=C/CN(C)C)CC3)c2)ccn1. The minimum Gasteiger partial charge on any atom is -0.378 e. The summed E-state index contributed by atoms with van der Waals surface area (Å²) in [6, 6.07) is 5.87. The number of pyridine rings is 2. The molecule has 1 saturated heterocycles. The Balaban J connectivity index is 1.61. The van der Waals surface area contributed by atoms with Crippen LogP contribution in [0.1, 0.15) is 12.8 Å². The Kier molecular flexibility index (Phi) is 7.24. The summed E-state index contributed by atoms with van der Waals surface area (Å²) in [6.45, 7) is 2.10. The van der Waals surface area contributed by atoms with E-state index in [1.165, 1.54) is 0 Å². The van der Waals surface area contributed by atoms with E-state index in [1.807, 2.05) is 55.2 Å². The average molecular weight is 411 g/mol. The Hall–Kier alpha value is -3.13. The Morgan fingerprint density at radius 3 is 2.77 bits per heavy atom. The van der Waals surface area contributed by atoms with Gasteiger partial charge in [0.15, 0.2) is 0 Å². The van der Waals surface area contributed by atoms with Crippen molar-refractivity contribution in [2.75, 3.05) is 51.4 Å². The Morgan fingerprint density at radius 2 is 2.07 bits per heavy atom. The highest BCUT2D eigenvalue weighted by Crippen LogP contribution is 2.23. The number of anilines is 2. The molecule has 1 fully saturated rings. The number of nitrogens with zero attached hydrogens (tertiary/aromatic N) is 3. The van der Waals surface area contributed by atoms with E-state index in [0.29, 0.717) is 18.8 Å². The van der Waals surface area contributed by atoms with Crippen molar-refractivity contribution in [3.8, 4) is 11.1 Å². The number of hydrogen-bond donors (Lipinski definition) is 3. The van der Waals surface area contributed by atoms with Crippen LogP contribution in [0.25, 0.3) is 11.1 Å². The lowest BCUT2D eigenvalue weighted by Crippen LogP contribution is -2.42. The summed E-state index contributed by atoms with van der Waals surface area (Å²) >= 11 is 0. The quantitative estimate of drug-likeness (QED) is 0.605. The van der Waals surface area contributed by atoms with Gasteiger partial charge in [-0.1, -0.05) is 6.08 Å². The number of H-pyrrole nitrogens is 1. The van der Waals surface area contributed by atoms with Crippen LogP contribution in [0.15, 0.2) is 47.5 Å². The summed E-state index contributed by atoms with van der Waals surface area (Å²) in [6.07, 6.45) is 8.58. The predicted molar refractivity (Wildman–Crippen MR) is 121 cm³/mol. The largest absolute Gasteiger partial charge is 0.378 e. The van der Waals surface area contributed by atoms with Gasteiger partial charge < -0.3 is 25.4 Å². The first-order chi connectivity index (χ1) is 14.5. The molecule has 0 unspecified atom stereocenters. The molecule has 1 aliphatic heterocycles. The zero-order valence-corrected chi connectivity index (χ0v) is 17.8. The number of nitrogens with one attached hydrogen (secondary N) is 3. The van der Waals surface area contributed by atoms with Gasteiger partial charge in [0.1, 0.15) is 11.5 Å². The first-order valence-corrected chi connectivity index (χ1v) is 10.2. The molecule has 0 saturated carbocycles. The number of likely N-dealkylation sites (N-methyl/N-ethyl adjacent to an activating group) is 1. The fourth-order valence-corrected chi connectivity index (χ4v) is 3.44. The molecule has 0 bridgehead atoms. The maximum absolute atomic E-state index is 12.3. The lowest BCUT2D eigenvalue weighted by atomic mass is 10.0. The fourth-order valence-electron chi connectivity index (χ4n) is 3.44. The third-order valence-electron chi connectivity index (χ3n) is 5.15. The highest BCUT2D eigenvalue weighted by molar-refractivity contribution is 5.87. The first-order valence-electron chi connectivity index (χ1n) is 10.2. The van der Waals surface area contributed by atoms with Crippen LogP contribution in [-0.2, 0) is 4.79 Å². The van der Waals surface area contributed by atoms with Gasteiger partial charge in [-0.25, -0.2) is 4.98 Å². The van der Waals surface area contributed by atoms with Gasteiger partial charge in [0.25, 0.3) is 5.56 Å². The van der Waals surface area contributed by atoms with E-state index in [9.17, 15) is 9.59 Å². The van der Waals surface area contributed by atoms with Crippen molar-refractivity contribution in [3.63, 3.8) is 0 Å². The summed E-state index contributed by atoms with van der Waals surface area (Å²) in [4.78, 5) is 35.5. The molecule has 1 amide bonds. The summed E-state index contributed by atoms with van der Waals surface area (Å²) in [7, 11) is 5.76. The van der Waals surface area contributed by atoms with Gasteiger partial charge in [-0.3, -0.25) is 9.59 Å². The molecule has 0 atom stereocenters. The van der Waals surface area contributed by atoms with Crippen LogP contribution in [0.4, 0.5) is 11.5 Å². The van der Waals surface area contributed by atoms with Crippen LogP contribution < -0.4 is 16.2 Å². The van der Waals surface area contributed by atoms with Crippen molar-refractivity contribution in [1.82, 2.24) is 19.8 Å². The van der Waals surface area contributed by atoms with E-state index < -0.39 is 0 Å². The Morgan fingerprint density at radius 1 is 1.30 bits per heavy atom. The summed E-state index contributed by atoms with van der Waals surface area (Å²) in [5.41, 5.74) is 2.28. The minimum absolute atomic E-state index is 0.0492. The number of aromatic amines is 1. The van der Waals surface area contributed by atoms with Gasteiger partial charge in [-0.15, -0.1) is 0 Å². The Labute approximate surface area is 177 Å². The number of likely N-dealkylation sites (tertiary alicyclic amines) is 1. The van der Waals surface area contributed by atoms with Crippen LogP contribution >= 0.6 is 0 Å². The summed E-state index contributed by atoms with van der Waals surface area (Å²) in [5.74, 6) is 0.818. The zero-order chi connectivity index (χ0) is 21.5. The first kappa shape index (κ1) is 21.6. The fraction of sp³-hybridized carbons (Fsp3) is 0.409. The average Bonchev–Trinajstić information content (AvgIpc) is 2.75.